The van der Waals surface area contributed by atoms with E-state index in [1.807, 2.05) is 18.2 Å². The van der Waals surface area contributed by atoms with Crippen molar-refractivity contribution in [2.24, 2.45) is 5.92 Å². The van der Waals surface area contributed by atoms with Crippen LogP contribution < -0.4 is 0 Å². The van der Waals surface area contributed by atoms with Crippen molar-refractivity contribution in [2.75, 3.05) is 6.54 Å². The molecule has 0 aromatic heterocycles. The van der Waals surface area contributed by atoms with E-state index in [4.69, 9.17) is 5.11 Å². The maximum absolute atomic E-state index is 12.1. The zero-order valence-corrected chi connectivity index (χ0v) is 10.4. The molecule has 0 saturated carbocycles. The van der Waals surface area contributed by atoms with Gasteiger partial charge in [-0.05, 0) is 24.0 Å². The zero-order valence-electron chi connectivity index (χ0n) is 10.4. The van der Waals surface area contributed by atoms with E-state index in [0.29, 0.717) is 19.5 Å². The summed E-state index contributed by atoms with van der Waals surface area (Å²) in [5, 5.41) is 9.02. The highest BCUT2D eigenvalue weighted by atomic mass is 16.4. The molecule has 1 unspecified atom stereocenters. The number of nitrogens with zero attached hydrogens (tertiary/aromatic N) is 1. The molecule has 1 N–H and O–H groups in total. The van der Waals surface area contributed by atoms with Crippen molar-refractivity contribution in [1.82, 2.24) is 4.90 Å². The number of amides is 1. The van der Waals surface area contributed by atoms with Crippen LogP contribution in [0.25, 0.3) is 0 Å². The van der Waals surface area contributed by atoms with Crippen molar-refractivity contribution in [2.45, 2.75) is 26.3 Å². The Hall–Kier alpha value is -1.84. The van der Waals surface area contributed by atoms with Gasteiger partial charge < -0.3 is 10.0 Å². The van der Waals surface area contributed by atoms with Gasteiger partial charge in [0.2, 0.25) is 5.91 Å². The molecular weight excluding hydrogens is 230 g/mol. The van der Waals surface area contributed by atoms with Crippen LogP contribution in [0.4, 0.5) is 0 Å². The first kappa shape index (κ1) is 12.6. The number of hydrogen-bond acceptors (Lipinski definition) is 2. The van der Waals surface area contributed by atoms with Gasteiger partial charge in [0.25, 0.3) is 0 Å². The van der Waals surface area contributed by atoms with Gasteiger partial charge >= 0.3 is 5.97 Å². The van der Waals surface area contributed by atoms with Gasteiger partial charge in [0.05, 0.1) is 0 Å². The third kappa shape index (κ3) is 2.37. The molecular formula is C14H17NO3. The Labute approximate surface area is 106 Å². The summed E-state index contributed by atoms with van der Waals surface area (Å²) < 4.78 is 0. The molecule has 0 fully saturated rings. The lowest BCUT2D eigenvalue weighted by molar-refractivity contribution is -0.151. The van der Waals surface area contributed by atoms with Gasteiger partial charge in [-0.15, -0.1) is 0 Å². The Morgan fingerprint density at radius 1 is 1.33 bits per heavy atom. The summed E-state index contributed by atoms with van der Waals surface area (Å²) in [4.78, 5) is 24.8. The first-order chi connectivity index (χ1) is 8.63. The highest BCUT2D eigenvalue weighted by molar-refractivity contribution is 5.96. The third-order valence-corrected chi connectivity index (χ3v) is 3.45. The molecule has 2 rings (SSSR count). The topological polar surface area (TPSA) is 57.6 Å². The number of aliphatic carboxylic acids is 1. The second-order valence-electron chi connectivity index (χ2n) is 4.58. The van der Waals surface area contributed by atoms with Crippen molar-refractivity contribution < 1.29 is 14.7 Å². The molecule has 1 aliphatic rings. The smallest absolute Gasteiger partial charge is 0.316 e. The maximum Gasteiger partial charge on any atom is 0.316 e. The zero-order chi connectivity index (χ0) is 13.1. The molecule has 0 saturated heterocycles. The Bertz CT molecular complexity index is 470. The standard InChI is InChI=1S/C14H17NO3/c1-2-12(14(17)18)13(16)15-8-7-10-5-3-4-6-11(10)9-15/h3-6,12H,2,7-9H2,1H3,(H,17,18). The Kier molecular flexibility index (Phi) is 3.65. The number of carbonyl (C=O) groups excluding carboxylic acids is 1. The van der Waals surface area contributed by atoms with E-state index in [9.17, 15) is 9.59 Å². The average Bonchev–Trinajstić information content (AvgIpc) is 2.38. The summed E-state index contributed by atoms with van der Waals surface area (Å²) in [6, 6.07) is 7.99. The molecule has 1 aliphatic heterocycles. The fourth-order valence-corrected chi connectivity index (χ4v) is 2.36. The van der Waals surface area contributed by atoms with Crippen LogP contribution in [0.3, 0.4) is 0 Å². The molecule has 0 aliphatic carbocycles. The monoisotopic (exact) mass is 247 g/mol. The highest BCUT2D eigenvalue weighted by Crippen LogP contribution is 2.20. The molecule has 0 radical (unpaired) electrons. The van der Waals surface area contributed by atoms with E-state index in [1.54, 1.807) is 11.8 Å². The average molecular weight is 247 g/mol. The molecule has 1 aromatic rings. The predicted octanol–water partition coefficient (Wildman–Crippen LogP) is 1.68. The Morgan fingerprint density at radius 2 is 2.00 bits per heavy atom. The van der Waals surface area contributed by atoms with Gasteiger partial charge in [0.1, 0.15) is 5.92 Å². The van der Waals surface area contributed by atoms with Gasteiger partial charge in [-0.1, -0.05) is 31.2 Å². The lowest BCUT2D eigenvalue weighted by Crippen LogP contribution is -2.42. The van der Waals surface area contributed by atoms with Crippen molar-refractivity contribution in [1.29, 1.82) is 0 Å². The lowest BCUT2D eigenvalue weighted by Gasteiger charge is -2.30. The number of carboxylic acids is 1. The number of fused-ring (bicyclic) bond motifs is 1. The first-order valence-corrected chi connectivity index (χ1v) is 6.22. The minimum Gasteiger partial charge on any atom is -0.481 e. The quantitative estimate of drug-likeness (QED) is 0.827. The molecule has 4 nitrogen and oxygen atoms in total. The van der Waals surface area contributed by atoms with Crippen LogP contribution in [-0.2, 0) is 22.6 Å². The summed E-state index contributed by atoms with van der Waals surface area (Å²) >= 11 is 0. The molecule has 1 amide bonds. The van der Waals surface area contributed by atoms with E-state index < -0.39 is 11.9 Å². The van der Waals surface area contributed by atoms with E-state index in [0.717, 1.165) is 12.0 Å². The van der Waals surface area contributed by atoms with E-state index in [-0.39, 0.29) is 5.91 Å². The highest BCUT2D eigenvalue weighted by Gasteiger charge is 2.30. The van der Waals surface area contributed by atoms with Crippen molar-refractivity contribution >= 4 is 11.9 Å². The summed E-state index contributed by atoms with van der Waals surface area (Å²) in [7, 11) is 0. The molecule has 0 spiro atoms. The first-order valence-electron chi connectivity index (χ1n) is 6.22. The van der Waals surface area contributed by atoms with Gasteiger partial charge in [-0.2, -0.15) is 0 Å². The second-order valence-corrected chi connectivity index (χ2v) is 4.58. The number of carbonyl (C=O) groups is 2. The molecule has 1 atom stereocenters. The summed E-state index contributed by atoms with van der Waals surface area (Å²) in [6.07, 6.45) is 1.14. The van der Waals surface area contributed by atoms with Gasteiger partial charge in [-0.25, -0.2) is 0 Å². The third-order valence-electron chi connectivity index (χ3n) is 3.45. The van der Waals surface area contributed by atoms with Gasteiger partial charge in [-0.3, -0.25) is 9.59 Å². The second kappa shape index (κ2) is 5.21. The lowest BCUT2D eigenvalue weighted by atomic mass is 9.97. The molecule has 96 valence electrons. The summed E-state index contributed by atoms with van der Waals surface area (Å²) in [6.45, 7) is 2.87. The number of benzene rings is 1. The van der Waals surface area contributed by atoms with E-state index in [1.165, 1.54) is 5.56 Å². The van der Waals surface area contributed by atoms with Crippen LogP contribution in [0.1, 0.15) is 24.5 Å². The van der Waals surface area contributed by atoms with Gasteiger partial charge in [0.15, 0.2) is 0 Å². The summed E-state index contributed by atoms with van der Waals surface area (Å²) in [5.41, 5.74) is 2.38. The minimum absolute atomic E-state index is 0.264. The molecule has 4 heteroatoms. The van der Waals surface area contributed by atoms with Crippen molar-refractivity contribution in [3.05, 3.63) is 35.4 Å². The molecule has 0 bridgehead atoms. The van der Waals surface area contributed by atoms with Gasteiger partial charge in [0, 0.05) is 13.1 Å². The normalized spacial score (nSPS) is 15.9. The number of hydrogen-bond donors (Lipinski definition) is 1. The van der Waals surface area contributed by atoms with Crippen LogP contribution in [0, 0.1) is 5.92 Å². The molecule has 18 heavy (non-hydrogen) atoms. The number of carboxylic acid groups (broad SMARTS) is 1. The van der Waals surface area contributed by atoms with Crippen LogP contribution in [0.2, 0.25) is 0 Å². The van der Waals surface area contributed by atoms with E-state index in [2.05, 4.69) is 6.07 Å². The fraction of sp³-hybridized carbons (Fsp3) is 0.429. The van der Waals surface area contributed by atoms with Crippen LogP contribution in [0.5, 0.6) is 0 Å². The predicted molar refractivity (Wildman–Crippen MR) is 67.0 cm³/mol. The minimum atomic E-state index is -1.03. The van der Waals surface area contributed by atoms with Crippen molar-refractivity contribution in [3.8, 4) is 0 Å². The molecule has 1 aromatic carbocycles. The molecule has 1 heterocycles. The Morgan fingerprint density at radius 3 is 2.61 bits per heavy atom. The Balaban J connectivity index is 2.13. The van der Waals surface area contributed by atoms with E-state index >= 15 is 0 Å². The summed E-state index contributed by atoms with van der Waals surface area (Å²) in [5.74, 6) is -2.20. The van der Waals surface area contributed by atoms with Crippen LogP contribution >= 0.6 is 0 Å². The fourth-order valence-electron chi connectivity index (χ4n) is 2.36. The largest absolute Gasteiger partial charge is 0.481 e. The maximum atomic E-state index is 12.1. The van der Waals surface area contributed by atoms with Crippen LogP contribution in [0.15, 0.2) is 24.3 Å². The number of rotatable bonds is 3. The van der Waals surface area contributed by atoms with Crippen LogP contribution in [-0.4, -0.2) is 28.4 Å². The van der Waals surface area contributed by atoms with Crippen molar-refractivity contribution in [3.63, 3.8) is 0 Å². The SMILES string of the molecule is CCC(C(=O)O)C(=O)N1CCc2ccccc2C1.